The van der Waals surface area contributed by atoms with Crippen molar-refractivity contribution in [1.29, 1.82) is 0 Å². The van der Waals surface area contributed by atoms with E-state index in [0.29, 0.717) is 0 Å². The van der Waals surface area contributed by atoms with Gasteiger partial charge in [-0.15, -0.1) is 0 Å². The number of sulfonamides is 1. The summed E-state index contributed by atoms with van der Waals surface area (Å²) in [5, 5.41) is 8.75. The molecule has 0 atom stereocenters. The first-order valence-electron chi connectivity index (χ1n) is 5.62. The second kappa shape index (κ2) is 6.48. The predicted octanol–water partition coefficient (Wildman–Crippen LogP) is 0.946. The van der Waals surface area contributed by atoms with Gasteiger partial charge in [-0.05, 0) is 26.0 Å². The molecule has 0 amide bonds. The standard InChI is InChI=1S/C11H16N2O5S/c1-8(2)18-6-7-19(16,17)13-10-5-3-4-9(12-10)11(14)15/h3-5,8H,6-7H2,1-2H3,(H,12,13)(H,14,15). The second-order valence-electron chi connectivity index (χ2n) is 4.05. The van der Waals surface area contributed by atoms with Crippen LogP contribution < -0.4 is 4.72 Å². The third-order valence-corrected chi connectivity index (χ3v) is 3.26. The van der Waals surface area contributed by atoms with Gasteiger partial charge in [0.2, 0.25) is 10.0 Å². The van der Waals surface area contributed by atoms with Gasteiger partial charge in [0.05, 0.1) is 18.5 Å². The maximum atomic E-state index is 11.7. The number of carbonyl (C=O) groups is 1. The van der Waals surface area contributed by atoms with Crippen molar-refractivity contribution in [3.05, 3.63) is 23.9 Å². The molecular weight excluding hydrogens is 272 g/mol. The number of pyridine rings is 1. The number of carboxylic acids is 1. The summed E-state index contributed by atoms with van der Waals surface area (Å²) in [5.74, 6) is -1.46. The Balaban J connectivity index is 2.67. The molecule has 1 aromatic rings. The van der Waals surface area contributed by atoms with Crippen molar-refractivity contribution < 1.29 is 23.1 Å². The van der Waals surface area contributed by atoms with Crippen molar-refractivity contribution >= 4 is 21.8 Å². The minimum atomic E-state index is -3.60. The van der Waals surface area contributed by atoms with E-state index in [0.717, 1.165) is 0 Å². The van der Waals surface area contributed by atoms with Gasteiger partial charge < -0.3 is 9.84 Å². The van der Waals surface area contributed by atoms with E-state index in [9.17, 15) is 13.2 Å². The number of hydrogen-bond acceptors (Lipinski definition) is 5. The number of aromatic carboxylic acids is 1. The molecule has 0 aliphatic carbocycles. The van der Waals surface area contributed by atoms with Crippen molar-refractivity contribution in [1.82, 2.24) is 4.98 Å². The zero-order valence-corrected chi connectivity index (χ0v) is 11.5. The first-order valence-corrected chi connectivity index (χ1v) is 7.28. The van der Waals surface area contributed by atoms with E-state index in [1.165, 1.54) is 18.2 Å². The number of carboxylic acid groups (broad SMARTS) is 1. The third kappa shape index (κ3) is 5.66. The highest BCUT2D eigenvalue weighted by Gasteiger charge is 2.13. The zero-order valence-electron chi connectivity index (χ0n) is 10.7. The van der Waals surface area contributed by atoms with Crippen LogP contribution in [-0.4, -0.2) is 42.9 Å². The summed E-state index contributed by atoms with van der Waals surface area (Å²) in [7, 11) is -3.60. The topological polar surface area (TPSA) is 106 Å². The third-order valence-electron chi connectivity index (χ3n) is 2.03. The van der Waals surface area contributed by atoms with Gasteiger partial charge in [0.15, 0.2) is 5.69 Å². The lowest BCUT2D eigenvalue weighted by molar-refractivity contribution is 0.0690. The molecule has 0 radical (unpaired) electrons. The van der Waals surface area contributed by atoms with Crippen LogP contribution in [0.4, 0.5) is 5.82 Å². The van der Waals surface area contributed by atoms with E-state index in [1.807, 2.05) is 0 Å². The smallest absolute Gasteiger partial charge is 0.354 e. The number of nitrogens with zero attached hydrogens (tertiary/aromatic N) is 1. The highest BCUT2D eigenvalue weighted by Crippen LogP contribution is 2.07. The van der Waals surface area contributed by atoms with Crippen molar-refractivity contribution in [3.8, 4) is 0 Å². The fraction of sp³-hybridized carbons (Fsp3) is 0.455. The molecule has 0 aromatic carbocycles. The van der Waals surface area contributed by atoms with Crippen LogP contribution in [0.25, 0.3) is 0 Å². The van der Waals surface area contributed by atoms with Crippen LogP contribution in [0.2, 0.25) is 0 Å². The minimum Gasteiger partial charge on any atom is -0.477 e. The molecule has 0 unspecified atom stereocenters. The van der Waals surface area contributed by atoms with Crippen LogP contribution in [-0.2, 0) is 14.8 Å². The van der Waals surface area contributed by atoms with Crippen LogP contribution >= 0.6 is 0 Å². The Morgan fingerprint density at radius 1 is 1.47 bits per heavy atom. The molecule has 106 valence electrons. The average Bonchev–Trinajstić information content (AvgIpc) is 2.27. The van der Waals surface area contributed by atoms with Gasteiger partial charge in [0, 0.05) is 0 Å². The van der Waals surface area contributed by atoms with E-state index in [2.05, 4.69) is 9.71 Å². The van der Waals surface area contributed by atoms with Gasteiger partial charge >= 0.3 is 5.97 Å². The lowest BCUT2D eigenvalue weighted by atomic mass is 10.3. The Bertz CT molecular complexity index is 542. The van der Waals surface area contributed by atoms with E-state index in [4.69, 9.17) is 9.84 Å². The molecule has 19 heavy (non-hydrogen) atoms. The number of aromatic nitrogens is 1. The fourth-order valence-corrected chi connectivity index (χ4v) is 2.06. The quantitative estimate of drug-likeness (QED) is 0.773. The van der Waals surface area contributed by atoms with Crippen LogP contribution in [0.5, 0.6) is 0 Å². The normalized spacial score (nSPS) is 11.5. The molecule has 7 nitrogen and oxygen atoms in total. The summed E-state index contributed by atoms with van der Waals surface area (Å²) < 4.78 is 30.7. The fourth-order valence-electron chi connectivity index (χ4n) is 1.21. The monoisotopic (exact) mass is 288 g/mol. The molecule has 0 fully saturated rings. The molecule has 8 heteroatoms. The maximum absolute atomic E-state index is 11.7. The molecular formula is C11H16N2O5S. The predicted molar refractivity (Wildman–Crippen MR) is 69.7 cm³/mol. The lowest BCUT2D eigenvalue weighted by Gasteiger charge is -2.09. The highest BCUT2D eigenvalue weighted by molar-refractivity contribution is 7.92. The lowest BCUT2D eigenvalue weighted by Crippen LogP contribution is -2.22. The molecule has 1 aromatic heterocycles. The molecule has 2 N–H and O–H groups in total. The van der Waals surface area contributed by atoms with E-state index >= 15 is 0 Å². The number of rotatable bonds is 7. The van der Waals surface area contributed by atoms with Gasteiger partial charge in [-0.2, -0.15) is 0 Å². The van der Waals surface area contributed by atoms with Crippen molar-refractivity contribution in [3.63, 3.8) is 0 Å². The van der Waals surface area contributed by atoms with Gasteiger partial charge in [-0.3, -0.25) is 4.72 Å². The number of ether oxygens (including phenoxy) is 1. The Hall–Kier alpha value is -1.67. The average molecular weight is 288 g/mol. The van der Waals surface area contributed by atoms with Gasteiger partial charge in [-0.1, -0.05) is 6.07 Å². The molecule has 1 heterocycles. The molecule has 0 aliphatic rings. The molecule has 1 rings (SSSR count). The van der Waals surface area contributed by atoms with Crippen LogP contribution in [0, 0.1) is 0 Å². The molecule has 0 saturated carbocycles. The molecule has 0 spiro atoms. The number of hydrogen-bond donors (Lipinski definition) is 2. The van der Waals surface area contributed by atoms with Crippen molar-refractivity contribution in [2.75, 3.05) is 17.1 Å². The Morgan fingerprint density at radius 3 is 2.74 bits per heavy atom. The van der Waals surface area contributed by atoms with Crippen LogP contribution in [0.15, 0.2) is 18.2 Å². The largest absolute Gasteiger partial charge is 0.477 e. The first kappa shape index (κ1) is 15.4. The van der Waals surface area contributed by atoms with Crippen LogP contribution in [0.3, 0.4) is 0 Å². The minimum absolute atomic E-state index is 0.0237. The van der Waals surface area contributed by atoms with Crippen LogP contribution in [0.1, 0.15) is 24.3 Å². The highest BCUT2D eigenvalue weighted by atomic mass is 32.2. The molecule has 0 saturated heterocycles. The first-order chi connectivity index (χ1) is 8.80. The maximum Gasteiger partial charge on any atom is 0.354 e. The summed E-state index contributed by atoms with van der Waals surface area (Å²) in [6.07, 6.45) is -0.0522. The van der Waals surface area contributed by atoms with Gasteiger partial charge in [-0.25, -0.2) is 18.2 Å². The molecule has 0 bridgehead atoms. The van der Waals surface area contributed by atoms with Crippen molar-refractivity contribution in [2.24, 2.45) is 0 Å². The zero-order chi connectivity index (χ0) is 14.5. The summed E-state index contributed by atoms with van der Waals surface area (Å²) in [6, 6.07) is 4.08. The summed E-state index contributed by atoms with van der Waals surface area (Å²) in [6.45, 7) is 3.67. The summed E-state index contributed by atoms with van der Waals surface area (Å²) in [5.41, 5.74) is -0.223. The van der Waals surface area contributed by atoms with E-state index in [1.54, 1.807) is 13.8 Å². The number of nitrogens with one attached hydrogen (secondary N) is 1. The van der Waals surface area contributed by atoms with Crippen molar-refractivity contribution in [2.45, 2.75) is 20.0 Å². The van der Waals surface area contributed by atoms with E-state index < -0.39 is 16.0 Å². The summed E-state index contributed by atoms with van der Waals surface area (Å²) in [4.78, 5) is 14.4. The Morgan fingerprint density at radius 2 is 2.16 bits per heavy atom. The Labute approximate surface area is 111 Å². The SMILES string of the molecule is CC(C)OCCS(=O)(=O)Nc1cccc(C(=O)O)n1. The molecule has 0 aliphatic heterocycles. The number of anilines is 1. The Kier molecular flexibility index (Phi) is 5.25. The second-order valence-corrected chi connectivity index (χ2v) is 5.90. The van der Waals surface area contributed by atoms with Gasteiger partial charge in [0.1, 0.15) is 5.82 Å². The van der Waals surface area contributed by atoms with Gasteiger partial charge in [0.25, 0.3) is 0 Å². The van der Waals surface area contributed by atoms with E-state index in [-0.39, 0.29) is 30.0 Å². The summed E-state index contributed by atoms with van der Waals surface area (Å²) >= 11 is 0.